The Morgan fingerprint density at radius 3 is 2.78 bits per heavy atom. The maximum absolute atomic E-state index is 12.7. The zero-order valence-electron chi connectivity index (χ0n) is 13.6. The molecule has 2 heterocycles. The topological polar surface area (TPSA) is 73.5 Å². The Morgan fingerprint density at radius 1 is 1.35 bits per heavy atom. The van der Waals surface area contributed by atoms with Crippen molar-refractivity contribution in [3.05, 3.63) is 35.9 Å². The van der Waals surface area contributed by atoms with E-state index in [9.17, 15) is 9.59 Å². The van der Waals surface area contributed by atoms with Crippen molar-refractivity contribution in [1.29, 1.82) is 0 Å². The fourth-order valence-electron chi connectivity index (χ4n) is 3.41. The van der Waals surface area contributed by atoms with Crippen molar-refractivity contribution >= 4 is 11.8 Å². The smallest absolute Gasteiger partial charge is 0.241 e. The third kappa shape index (κ3) is 3.23. The number of hydrogen-bond acceptors (Lipinski definition) is 4. The summed E-state index contributed by atoms with van der Waals surface area (Å²) in [4.78, 5) is 27.0. The van der Waals surface area contributed by atoms with Gasteiger partial charge in [-0.05, 0) is 19.4 Å². The van der Waals surface area contributed by atoms with Crippen LogP contribution in [0.1, 0.15) is 19.4 Å². The third-order valence-corrected chi connectivity index (χ3v) is 4.75. The molecule has 124 valence electrons. The largest absolute Gasteiger partial charge is 0.352 e. The predicted octanol–water partition coefficient (Wildman–Crippen LogP) is 0.262. The zero-order chi connectivity index (χ0) is 16.4. The lowest BCUT2D eigenvalue weighted by molar-refractivity contribution is -0.145. The van der Waals surface area contributed by atoms with E-state index in [1.165, 1.54) is 0 Å². The van der Waals surface area contributed by atoms with E-state index in [4.69, 9.17) is 0 Å². The molecular weight excluding hydrogens is 292 g/mol. The molecule has 23 heavy (non-hydrogen) atoms. The average Bonchev–Trinajstić information content (AvgIpc) is 3.04. The van der Waals surface area contributed by atoms with Crippen LogP contribution in [0.25, 0.3) is 0 Å². The zero-order valence-corrected chi connectivity index (χ0v) is 13.6. The van der Waals surface area contributed by atoms with Crippen molar-refractivity contribution in [2.45, 2.75) is 32.5 Å². The van der Waals surface area contributed by atoms with Crippen LogP contribution in [-0.2, 0) is 16.1 Å². The number of hydrogen-bond donors (Lipinski definition) is 3. The second kappa shape index (κ2) is 6.68. The summed E-state index contributed by atoms with van der Waals surface area (Å²) < 4.78 is 0. The molecule has 1 aromatic carbocycles. The maximum Gasteiger partial charge on any atom is 0.241 e. The highest BCUT2D eigenvalue weighted by molar-refractivity contribution is 5.88. The SMILES string of the molecule is CC(C)N1CC(C(=O)NCc2ccccc2)C2CNNC2C1=O. The Labute approximate surface area is 136 Å². The van der Waals surface area contributed by atoms with Gasteiger partial charge in [-0.25, -0.2) is 5.43 Å². The van der Waals surface area contributed by atoms with Crippen molar-refractivity contribution in [2.24, 2.45) is 11.8 Å². The summed E-state index contributed by atoms with van der Waals surface area (Å²) in [6.45, 7) is 5.62. The van der Waals surface area contributed by atoms with Gasteiger partial charge < -0.3 is 10.2 Å². The fraction of sp³-hybridized carbons (Fsp3) is 0.529. The van der Waals surface area contributed by atoms with Crippen molar-refractivity contribution in [3.8, 4) is 0 Å². The first-order valence-electron chi connectivity index (χ1n) is 8.18. The van der Waals surface area contributed by atoms with E-state index in [0.717, 1.165) is 5.56 Å². The molecule has 6 heteroatoms. The van der Waals surface area contributed by atoms with Crippen LogP contribution in [0, 0.1) is 11.8 Å². The van der Waals surface area contributed by atoms with Crippen LogP contribution in [0.15, 0.2) is 30.3 Å². The summed E-state index contributed by atoms with van der Waals surface area (Å²) in [5.74, 6) is -0.0748. The molecular formula is C17H24N4O2. The van der Waals surface area contributed by atoms with E-state index in [1.54, 1.807) is 4.90 Å². The second-order valence-electron chi connectivity index (χ2n) is 6.56. The summed E-state index contributed by atoms with van der Waals surface area (Å²) in [5.41, 5.74) is 7.14. The van der Waals surface area contributed by atoms with Crippen LogP contribution in [0.3, 0.4) is 0 Å². The van der Waals surface area contributed by atoms with E-state index in [0.29, 0.717) is 19.6 Å². The molecule has 2 saturated heterocycles. The molecule has 3 atom stereocenters. The number of rotatable bonds is 4. The van der Waals surface area contributed by atoms with Gasteiger partial charge in [0.25, 0.3) is 0 Å². The molecule has 2 fully saturated rings. The highest BCUT2D eigenvalue weighted by atomic mass is 16.2. The minimum absolute atomic E-state index is 0.00766. The molecule has 6 nitrogen and oxygen atoms in total. The first kappa shape index (κ1) is 16.0. The predicted molar refractivity (Wildman–Crippen MR) is 87.0 cm³/mol. The highest BCUT2D eigenvalue weighted by Gasteiger charge is 2.48. The lowest BCUT2D eigenvalue weighted by Gasteiger charge is -2.40. The average molecular weight is 316 g/mol. The molecule has 1 aromatic rings. The van der Waals surface area contributed by atoms with Crippen molar-refractivity contribution < 1.29 is 9.59 Å². The van der Waals surface area contributed by atoms with Crippen molar-refractivity contribution in [1.82, 2.24) is 21.1 Å². The van der Waals surface area contributed by atoms with Crippen LogP contribution < -0.4 is 16.2 Å². The standard InChI is InChI=1S/C17H24N4O2/c1-11(2)21-10-14(13-9-19-20-15(13)17(21)23)16(22)18-8-12-6-4-3-5-7-12/h3-7,11,13-15,19-20H,8-10H2,1-2H3,(H,18,22). The number of hydrazine groups is 1. The van der Waals surface area contributed by atoms with Crippen molar-refractivity contribution in [3.63, 3.8) is 0 Å². The molecule has 3 rings (SSSR count). The Hall–Kier alpha value is -1.92. The molecule has 0 radical (unpaired) electrons. The summed E-state index contributed by atoms with van der Waals surface area (Å²) >= 11 is 0. The fourth-order valence-corrected chi connectivity index (χ4v) is 3.41. The number of carbonyl (C=O) groups excluding carboxylic acids is 2. The van der Waals surface area contributed by atoms with Crippen LogP contribution in [0.5, 0.6) is 0 Å². The Morgan fingerprint density at radius 2 is 2.09 bits per heavy atom. The van der Waals surface area contributed by atoms with E-state index >= 15 is 0 Å². The highest BCUT2D eigenvalue weighted by Crippen LogP contribution is 2.28. The summed E-state index contributed by atoms with van der Waals surface area (Å²) in [6.07, 6.45) is 0. The third-order valence-electron chi connectivity index (χ3n) is 4.75. The van der Waals surface area contributed by atoms with Gasteiger partial charge in [0.2, 0.25) is 11.8 Å². The Kier molecular flexibility index (Phi) is 4.63. The molecule has 0 aromatic heterocycles. The molecule has 0 saturated carbocycles. The van der Waals surface area contributed by atoms with Gasteiger partial charge in [0.05, 0.1) is 5.92 Å². The molecule has 2 aliphatic heterocycles. The van der Waals surface area contributed by atoms with Gasteiger partial charge in [-0.2, -0.15) is 0 Å². The van der Waals surface area contributed by atoms with Crippen LogP contribution in [0.2, 0.25) is 0 Å². The molecule has 2 aliphatic rings. The molecule has 0 bridgehead atoms. The van der Waals surface area contributed by atoms with E-state index < -0.39 is 0 Å². The number of piperidine rings is 1. The first-order chi connectivity index (χ1) is 11.1. The van der Waals surface area contributed by atoms with Crippen LogP contribution in [-0.4, -0.2) is 41.9 Å². The second-order valence-corrected chi connectivity index (χ2v) is 6.56. The molecule has 3 unspecified atom stereocenters. The van der Waals surface area contributed by atoms with Gasteiger partial charge >= 0.3 is 0 Å². The summed E-state index contributed by atoms with van der Waals surface area (Å²) in [5, 5.41) is 3.02. The van der Waals surface area contributed by atoms with E-state index in [1.807, 2.05) is 44.2 Å². The summed E-state index contributed by atoms with van der Waals surface area (Å²) in [6, 6.07) is 9.65. The minimum atomic E-state index is -0.307. The van der Waals surface area contributed by atoms with Crippen LogP contribution >= 0.6 is 0 Å². The molecule has 2 amide bonds. The van der Waals surface area contributed by atoms with Crippen LogP contribution in [0.4, 0.5) is 0 Å². The lowest BCUT2D eigenvalue weighted by atomic mass is 9.81. The van der Waals surface area contributed by atoms with Crippen molar-refractivity contribution in [2.75, 3.05) is 13.1 Å². The molecule has 0 aliphatic carbocycles. The Bertz CT molecular complexity index is 571. The molecule has 3 N–H and O–H groups in total. The number of nitrogens with one attached hydrogen (secondary N) is 3. The maximum atomic E-state index is 12.7. The number of carbonyl (C=O) groups is 2. The minimum Gasteiger partial charge on any atom is -0.352 e. The number of amides is 2. The quantitative estimate of drug-likeness (QED) is 0.745. The lowest BCUT2D eigenvalue weighted by Crippen LogP contribution is -2.60. The Balaban J connectivity index is 1.69. The number of fused-ring (bicyclic) bond motifs is 1. The van der Waals surface area contributed by atoms with Gasteiger partial charge in [0.15, 0.2) is 0 Å². The van der Waals surface area contributed by atoms with Gasteiger partial charge in [-0.3, -0.25) is 15.0 Å². The number of nitrogens with zero attached hydrogens (tertiary/aromatic N) is 1. The normalized spacial score (nSPS) is 27.2. The number of benzene rings is 1. The first-order valence-corrected chi connectivity index (χ1v) is 8.18. The van der Waals surface area contributed by atoms with Gasteiger partial charge in [-0.1, -0.05) is 30.3 Å². The van der Waals surface area contributed by atoms with E-state index in [2.05, 4.69) is 16.2 Å². The van der Waals surface area contributed by atoms with Gasteiger partial charge in [0, 0.05) is 31.6 Å². The van der Waals surface area contributed by atoms with E-state index in [-0.39, 0.29) is 35.7 Å². The monoisotopic (exact) mass is 316 g/mol. The molecule has 0 spiro atoms. The van der Waals surface area contributed by atoms with Gasteiger partial charge in [-0.15, -0.1) is 0 Å². The number of likely N-dealkylation sites (tertiary alicyclic amines) is 1. The van der Waals surface area contributed by atoms with Gasteiger partial charge in [0.1, 0.15) is 6.04 Å². The summed E-state index contributed by atoms with van der Waals surface area (Å²) in [7, 11) is 0.